The number of morpholine rings is 1. The zero-order valence-corrected chi connectivity index (χ0v) is 20.0. The zero-order chi connectivity index (χ0) is 22.6. The minimum absolute atomic E-state index is 0.266. The van der Waals surface area contributed by atoms with Gasteiger partial charge < -0.3 is 4.74 Å². The second-order valence-electron chi connectivity index (χ2n) is 8.13. The van der Waals surface area contributed by atoms with E-state index < -0.39 is 10.0 Å². The summed E-state index contributed by atoms with van der Waals surface area (Å²) in [5, 5.41) is 9.73. The molecule has 0 aliphatic carbocycles. The first-order valence-electron chi connectivity index (χ1n) is 10.7. The number of nitrogens with zero attached hydrogens (tertiary/aromatic N) is 4. The number of hydrogen-bond donors (Lipinski definition) is 0. The van der Waals surface area contributed by atoms with E-state index in [1.807, 2.05) is 24.3 Å². The van der Waals surface area contributed by atoms with Gasteiger partial charge in [-0.2, -0.15) is 4.31 Å². The molecule has 0 radical (unpaired) electrons. The third kappa shape index (κ3) is 5.23. The molecule has 3 aromatic rings. The van der Waals surface area contributed by atoms with E-state index in [2.05, 4.69) is 40.7 Å². The van der Waals surface area contributed by atoms with Gasteiger partial charge in [-0.3, -0.25) is 4.57 Å². The van der Waals surface area contributed by atoms with E-state index in [1.165, 1.54) is 4.31 Å². The smallest absolute Gasteiger partial charge is 0.243 e. The van der Waals surface area contributed by atoms with Crippen LogP contribution in [0.5, 0.6) is 0 Å². The average molecular weight is 473 g/mol. The van der Waals surface area contributed by atoms with Crippen LogP contribution in [0.3, 0.4) is 0 Å². The Morgan fingerprint density at radius 3 is 2.50 bits per heavy atom. The van der Waals surface area contributed by atoms with Crippen LogP contribution in [0.1, 0.15) is 19.4 Å². The van der Waals surface area contributed by atoms with E-state index in [1.54, 1.807) is 30.0 Å². The van der Waals surface area contributed by atoms with E-state index in [4.69, 9.17) is 4.74 Å². The summed E-state index contributed by atoms with van der Waals surface area (Å²) in [6.45, 7) is 6.53. The van der Waals surface area contributed by atoms with Crippen molar-refractivity contribution in [2.24, 2.45) is 5.92 Å². The van der Waals surface area contributed by atoms with Crippen molar-refractivity contribution in [3.63, 3.8) is 0 Å². The maximum absolute atomic E-state index is 13.2. The molecule has 1 aliphatic rings. The topological polar surface area (TPSA) is 77.3 Å². The molecule has 32 heavy (non-hydrogen) atoms. The Hall–Kier alpha value is -2.20. The van der Waals surface area contributed by atoms with Crippen molar-refractivity contribution in [3.05, 3.63) is 60.2 Å². The fourth-order valence-electron chi connectivity index (χ4n) is 3.49. The summed E-state index contributed by atoms with van der Waals surface area (Å²) in [7, 11) is -3.59. The van der Waals surface area contributed by atoms with Gasteiger partial charge in [0.2, 0.25) is 10.0 Å². The lowest BCUT2D eigenvalue weighted by Crippen LogP contribution is -2.40. The number of aromatic nitrogens is 3. The predicted molar refractivity (Wildman–Crippen MR) is 126 cm³/mol. The number of benzene rings is 2. The Balaban J connectivity index is 1.70. The molecular formula is C23H28N4O3S2. The predicted octanol–water partition coefficient (Wildman–Crippen LogP) is 3.76. The fraction of sp³-hybridized carbons (Fsp3) is 0.391. The van der Waals surface area contributed by atoms with Gasteiger partial charge in [0.25, 0.3) is 0 Å². The quantitative estimate of drug-likeness (QED) is 0.465. The van der Waals surface area contributed by atoms with Gasteiger partial charge in [-0.15, -0.1) is 10.2 Å². The van der Waals surface area contributed by atoms with Gasteiger partial charge in [-0.1, -0.05) is 68.1 Å². The Morgan fingerprint density at radius 1 is 1.03 bits per heavy atom. The molecule has 0 atom stereocenters. The molecule has 4 rings (SSSR count). The minimum Gasteiger partial charge on any atom is -0.379 e. The highest BCUT2D eigenvalue weighted by Gasteiger charge is 2.27. The lowest BCUT2D eigenvalue weighted by atomic mass is 10.2. The molecule has 2 aromatic carbocycles. The van der Waals surface area contributed by atoms with Crippen molar-refractivity contribution in [2.75, 3.05) is 32.1 Å². The first-order chi connectivity index (χ1) is 15.4. The molecule has 7 nitrogen and oxygen atoms in total. The average Bonchev–Trinajstić information content (AvgIpc) is 3.21. The summed E-state index contributed by atoms with van der Waals surface area (Å²) in [6.07, 6.45) is 0. The Kier molecular flexibility index (Phi) is 7.30. The van der Waals surface area contributed by atoms with E-state index >= 15 is 0 Å². The highest BCUT2D eigenvalue weighted by Crippen LogP contribution is 2.28. The molecule has 0 spiro atoms. The van der Waals surface area contributed by atoms with Crippen molar-refractivity contribution in [3.8, 4) is 11.4 Å². The molecule has 1 fully saturated rings. The van der Waals surface area contributed by atoms with E-state index in [0.29, 0.717) is 44.6 Å². The standard InChI is InChI=1S/C23H28N4O3S2/c1-18(2)17-31-23-25-24-22(27(23)16-19-7-4-3-5-8-19)20-9-6-10-21(15-20)32(28,29)26-11-13-30-14-12-26/h3-10,15,18H,11-14,16-17H2,1-2H3. The molecule has 1 aromatic heterocycles. The van der Waals surface area contributed by atoms with Gasteiger partial charge in [0.15, 0.2) is 11.0 Å². The molecule has 0 N–H and O–H groups in total. The van der Waals surface area contributed by atoms with Gasteiger partial charge in [-0.05, 0) is 23.6 Å². The van der Waals surface area contributed by atoms with Gasteiger partial charge in [0.1, 0.15) is 0 Å². The van der Waals surface area contributed by atoms with Crippen LogP contribution in [0.25, 0.3) is 11.4 Å². The second kappa shape index (κ2) is 10.2. The van der Waals surface area contributed by atoms with Crippen LogP contribution >= 0.6 is 11.8 Å². The van der Waals surface area contributed by atoms with Crippen LogP contribution in [0.15, 0.2) is 64.6 Å². The van der Waals surface area contributed by atoms with Gasteiger partial charge in [-0.25, -0.2) is 8.42 Å². The number of sulfonamides is 1. The second-order valence-corrected chi connectivity index (χ2v) is 11.1. The van der Waals surface area contributed by atoms with Gasteiger partial charge in [0.05, 0.1) is 24.7 Å². The molecule has 9 heteroatoms. The monoisotopic (exact) mass is 472 g/mol. The summed E-state index contributed by atoms with van der Waals surface area (Å²) >= 11 is 1.67. The van der Waals surface area contributed by atoms with Gasteiger partial charge in [0, 0.05) is 24.4 Å². The molecule has 1 saturated heterocycles. The van der Waals surface area contributed by atoms with Crippen LogP contribution in [0, 0.1) is 5.92 Å². The molecule has 0 unspecified atom stereocenters. The Labute approximate surface area is 193 Å². The van der Waals surface area contributed by atoms with Gasteiger partial charge >= 0.3 is 0 Å². The normalized spacial score (nSPS) is 15.3. The highest BCUT2D eigenvalue weighted by molar-refractivity contribution is 7.99. The van der Waals surface area contributed by atoms with Crippen LogP contribution in [-0.2, 0) is 21.3 Å². The first kappa shape index (κ1) is 23.0. The summed E-state index contributed by atoms with van der Waals surface area (Å²) < 4.78 is 35.2. The first-order valence-corrected chi connectivity index (χ1v) is 13.2. The molecule has 0 saturated carbocycles. The van der Waals surface area contributed by atoms with Crippen molar-refractivity contribution in [2.45, 2.75) is 30.4 Å². The number of hydrogen-bond acceptors (Lipinski definition) is 6. The molecule has 1 aliphatic heterocycles. The molecular weight excluding hydrogens is 444 g/mol. The molecule has 0 bridgehead atoms. The lowest BCUT2D eigenvalue weighted by molar-refractivity contribution is 0.0730. The summed E-state index contributed by atoms with van der Waals surface area (Å²) in [5.41, 5.74) is 1.87. The molecule has 2 heterocycles. The van der Waals surface area contributed by atoms with Crippen molar-refractivity contribution in [1.29, 1.82) is 0 Å². The number of rotatable bonds is 8. The Morgan fingerprint density at radius 2 is 1.78 bits per heavy atom. The van der Waals surface area contributed by atoms with E-state index in [-0.39, 0.29) is 4.90 Å². The van der Waals surface area contributed by atoms with E-state index in [9.17, 15) is 8.42 Å². The fourth-order valence-corrected chi connectivity index (χ4v) is 5.83. The summed E-state index contributed by atoms with van der Waals surface area (Å²) in [6, 6.07) is 17.1. The van der Waals surface area contributed by atoms with Crippen LogP contribution in [0.4, 0.5) is 0 Å². The van der Waals surface area contributed by atoms with Crippen LogP contribution in [0.2, 0.25) is 0 Å². The number of thioether (sulfide) groups is 1. The maximum Gasteiger partial charge on any atom is 0.243 e. The Bertz CT molecular complexity index is 1140. The third-order valence-electron chi connectivity index (χ3n) is 5.15. The number of ether oxygens (including phenoxy) is 1. The molecule has 0 amide bonds. The largest absolute Gasteiger partial charge is 0.379 e. The summed E-state index contributed by atoms with van der Waals surface area (Å²) in [4.78, 5) is 0.266. The minimum atomic E-state index is -3.59. The highest BCUT2D eigenvalue weighted by atomic mass is 32.2. The van der Waals surface area contributed by atoms with Crippen molar-refractivity contribution in [1.82, 2.24) is 19.1 Å². The summed E-state index contributed by atoms with van der Waals surface area (Å²) in [5.74, 6) is 2.12. The lowest BCUT2D eigenvalue weighted by Gasteiger charge is -2.26. The van der Waals surface area contributed by atoms with Crippen LogP contribution < -0.4 is 0 Å². The van der Waals surface area contributed by atoms with Crippen molar-refractivity contribution >= 4 is 21.8 Å². The SMILES string of the molecule is CC(C)CSc1nnc(-c2cccc(S(=O)(=O)N3CCOCC3)c2)n1Cc1ccccc1. The van der Waals surface area contributed by atoms with Crippen LogP contribution in [-0.4, -0.2) is 59.5 Å². The van der Waals surface area contributed by atoms with E-state index in [0.717, 1.165) is 22.0 Å². The zero-order valence-electron chi connectivity index (χ0n) is 18.3. The molecule has 170 valence electrons. The maximum atomic E-state index is 13.2. The van der Waals surface area contributed by atoms with Crippen molar-refractivity contribution < 1.29 is 13.2 Å². The third-order valence-corrected chi connectivity index (χ3v) is 8.43.